The third-order valence-electron chi connectivity index (χ3n) is 12.8. The van der Waals surface area contributed by atoms with E-state index in [2.05, 4.69) is 167 Å². The van der Waals surface area contributed by atoms with E-state index >= 15 is 0 Å². The van der Waals surface area contributed by atoms with Crippen LogP contribution in [0.5, 0.6) is 0 Å². The molecule has 0 N–H and O–H groups in total. The fourth-order valence-corrected chi connectivity index (χ4v) is 8.17. The second kappa shape index (κ2) is 63.8. The normalized spacial score (nSPS) is 13.1. The van der Waals surface area contributed by atoms with Crippen molar-refractivity contribution in [1.29, 1.82) is 0 Å². The Labute approximate surface area is 474 Å². The molecule has 0 aliphatic carbocycles. The van der Waals surface area contributed by atoms with E-state index in [0.717, 1.165) is 141 Å². The first-order valence-electron chi connectivity index (χ1n) is 31.3. The van der Waals surface area contributed by atoms with Gasteiger partial charge >= 0.3 is 17.9 Å². The molecule has 0 aromatic carbocycles. The number of carbonyl (C=O) groups is 3. The van der Waals surface area contributed by atoms with Gasteiger partial charge in [0.25, 0.3) is 0 Å². The minimum absolute atomic E-state index is 0.108. The van der Waals surface area contributed by atoms with Crippen LogP contribution in [0.15, 0.2) is 146 Å². The van der Waals surface area contributed by atoms with Crippen molar-refractivity contribution in [2.24, 2.45) is 0 Å². The van der Waals surface area contributed by atoms with Crippen LogP contribution in [-0.2, 0) is 28.6 Å². The van der Waals surface area contributed by atoms with Gasteiger partial charge in [-0.2, -0.15) is 0 Å². The van der Waals surface area contributed by atoms with Gasteiger partial charge in [0.05, 0.1) is 0 Å². The Hall–Kier alpha value is -4.71. The highest BCUT2D eigenvalue weighted by molar-refractivity contribution is 5.71. The van der Waals surface area contributed by atoms with Crippen molar-refractivity contribution >= 4 is 17.9 Å². The molecule has 1 atom stereocenters. The van der Waals surface area contributed by atoms with Crippen LogP contribution in [0.1, 0.15) is 265 Å². The molecule has 0 aliphatic rings. The monoisotopic (exact) mass is 1060 g/mol. The maximum Gasteiger partial charge on any atom is 0.306 e. The predicted molar refractivity (Wildman–Crippen MR) is 334 cm³/mol. The largest absolute Gasteiger partial charge is 0.462 e. The van der Waals surface area contributed by atoms with E-state index in [-0.39, 0.29) is 31.1 Å². The number of carbonyl (C=O) groups excluding carboxylic acids is 3. The molecule has 0 aliphatic heterocycles. The molecular weight excluding hydrogens is 949 g/mol. The number of esters is 3. The number of unbranched alkanes of at least 4 members (excludes halogenated alkanes) is 20. The van der Waals surface area contributed by atoms with E-state index in [1.807, 2.05) is 0 Å². The summed E-state index contributed by atoms with van der Waals surface area (Å²) in [7, 11) is 0. The maximum atomic E-state index is 12.9. The average Bonchev–Trinajstić information content (AvgIpc) is 3.43. The lowest BCUT2D eigenvalue weighted by Crippen LogP contribution is -2.30. The SMILES string of the molecule is CC/C=C\C/C=C\C/C=C\C/C=C\C/C=C\CCCCCCCCCC(=O)OCC(COC(=O)CCCC/C=C\C/C=C\C/C=C\C/C=C\CC)OC(=O)CCCCCCCC/C=C\C/C=C\C/C=C\CCCCCCC. The summed E-state index contributed by atoms with van der Waals surface area (Å²) in [6.07, 6.45) is 91.3. The molecule has 0 heterocycles. The highest BCUT2D eigenvalue weighted by Crippen LogP contribution is 2.14. The summed E-state index contributed by atoms with van der Waals surface area (Å²) >= 11 is 0. The van der Waals surface area contributed by atoms with Gasteiger partial charge < -0.3 is 14.2 Å². The molecule has 0 fully saturated rings. The number of hydrogen-bond donors (Lipinski definition) is 0. The van der Waals surface area contributed by atoms with Gasteiger partial charge in [-0.3, -0.25) is 14.4 Å². The van der Waals surface area contributed by atoms with Crippen molar-refractivity contribution in [2.75, 3.05) is 13.2 Å². The van der Waals surface area contributed by atoms with Gasteiger partial charge in [-0.25, -0.2) is 0 Å². The van der Waals surface area contributed by atoms with E-state index in [1.165, 1.54) is 77.0 Å². The summed E-state index contributed by atoms with van der Waals surface area (Å²) in [4.78, 5) is 38.3. The summed E-state index contributed by atoms with van der Waals surface area (Å²) in [6, 6.07) is 0. The van der Waals surface area contributed by atoms with Crippen LogP contribution in [-0.4, -0.2) is 37.2 Å². The van der Waals surface area contributed by atoms with E-state index in [9.17, 15) is 14.4 Å². The molecule has 0 saturated carbocycles. The smallest absolute Gasteiger partial charge is 0.306 e. The molecule has 0 spiro atoms. The second-order valence-corrected chi connectivity index (χ2v) is 20.2. The van der Waals surface area contributed by atoms with Crippen LogP contribution in [0.4, 0.5) is 0 Å². The highest BCUT2D eigenvalue weighted by atomic mass is 16.6. The van der Waals surface area contributed by atoms with Crippen LogP contribution in [0, 0.1) is 0 Å². The molecule has 0 aromatic rings. The zero-order valence-electron chi connectivity index (χ0n) is 49.7. The summed E-state index contributed by atoms with van der Waals surface area (Å²) in [5.74, 6) is -0.975. The number of ether oxygens (including phenoxy) is 3. The van der Waals surface area contributed by atoms with Crippen molar-refractivity contribution in [2.45, 2.75) is 271 Å². The van der Waals surface area contributed by atoms with E-state index in [0.29, 0.717) is 25.7 Å². The number of allylic oxidation sites excluding steroid dienone is 24. The Bertz CT molecular complexity index is 1700. The molecule has 0 bridgehead atoms. The third kappa shape index (κ3) is 62.0. The minimum Gasteiger partial charge on any atom is -0.462 e. The zero-order valence-corrected chi connectivity index (χ0v) is 49.7. The molecule has 1 unspecified atom stereocenters. The summed E-state index contributed by atoms with van der Waals surface area (Å²) in [6.45, 7) is 6.34. The lowest BCUT2D eigenvalue weighted by Gasteiger charge is -2.18. The van der Waals surface area contributed by atoms with Crippen LogP contribution >= 0.6 is 0 Å². The van der Waals surface area contributed by atoms with E-state index < -0.39 is 6.10 Å². The van der Waals surface area contributed by atoms with Gasteiger partial charge in [0, 0.05) is 19.3 Å². The molecule has 6 heteroatoms. The molecular formula is C71H114O6. The lowest BCUT2D eigenvalue weighted by atomic mass is 10.1. The Balaban J connectivity index is 4.49. The Morgan fingerprint density at radius 1 is 0.273 bits per heavy atom. The zero-order chi connectivity index (χ0) is 55.7. The first-order valence-corrected chi connectivity index (χ1v) is 31.3. The van der Waals surface area contributed by atoms with Gasteiger partial charge in [0.1, 0.15) is 13.2 Å². The standard InChI is InChI=1S/C71H114O6/c1-4-7-10-13-16-19-22-25-28-30-32-34-35-37-38-40-43-46-49-52-55-58-61-64-70(73)76-67-68(66-75-69(72)63-60-57-54-51-48-45-42-27-24-21-18-15-12-9-6-3)77-71(74)65-62-59-56-53-50-47-44-41-39-36-33-31-29-26-23-20-17-14-11-8-5-2/h7,9-10,12,16,18-19,21,23,25-28,31-34,37-39,41-42,48,51,68H,4-6,8,11,13-15,17,20,22,24,29-30,35-36,40,43-47,49-50,52-67H2,1-3H3/b10-7-,12-9-,19-16-,21-18-,26-23-,28-25-,33-31-,34-32-,38-37-,41-39-,42-27-,51-48-. The van der Waals surface area contributed by atoms with Crippen LogP contribution in [0.2, 0.25) is 0 Å². The second-order valence-electron chi connectivity index (χ2n) is 20.2. The highest BCUT2D eigenvalue weighted by Gasteiger charge is 2.19. The van der Waals surface area contributed by atoms with Crippen molar-refractivity contribution in [1.82, 2.24) is 0 Å². The molecule has 0 radical (unpaired) electrons. The van der Waals surface area contributed by atoms with Crippen LogP contribution < -0.4 is 0 Å². The van der Waals surface area contributed by atoms with Crippen LogP contribution in [0.3, 0.4) is 0 Å². The summed E-state index contributed by atoms with van der Waals surface area (Å²) < 4.78 is 16.9. The molecule has 77 heavy (non-hydrogen) atoms. The van der Waals surface area contributed by atoms with Crippen molar-refractivity contribution < 1.29 is 28.6 Å². The summed E-state index contributed by atoms with van der Waals surface area (Å²) in [5.41, 5.74) is 0. The van der Waals surface area contributed by atoms with Gasteiger partial charge in [-0.15, -0.1) is 0 Å². The topological polar surface area (TPSA) is 78.9 Å². The molecule has 0 amide bonds. The molecule has 434 valence electrons. The Kier molecular flexibility index (Phi) is 59.9. The predicted octanol–water partition coefficient (Wildman–Crippen LogP) is 21.5. The Morgan fingerprint density at radius 2 is 0.506 bits per heavy atom. The van der Waals surface area contributed by atoms with Gasteiger partial charge in [0.2, 0.25) is 0 Å². The minimum atomic E-state index is -0.815. The van der Waals surface area contributed by atoms with Crippen LogP contribution in [0.25, 0.3) is 0 Å². The van der Waals surface area contributed by atoms with Gasteiger partial charge in [0.15, 0.2) is 6.10 Å². The summed E-state index contributed by atoms with van der Waals surface area (Å²) in [5, 5.41) is 0. The van der Waals surface area contributed by atoms with Crippen molar-refractivity contribution in [3.8, 4) is 0 Å². The van der Waals surface area contributed by atoms with E-state index in [1.54, 1.807) is 0 Å². The first kappa shape index (κ1) is 72.3. The average molecular weight is 1060 g/mol. The molecule has 0 aromatic heterocycles. The quantitative estimate of drug-likeness (QED) is 0.0261. The molecule has 0 saturated heterocycles. The lowest BCUT2D eigenvalue weighted by molar-refractivity contribution is -0.167. The van der Waals surface area contributed by atoms with Crippen molar-refractivity contribution in [3.63, 3.8) is 0 Å². The van der Waals surface area contributed by atoms with E-state index in [4.69, 9.17) is 14.2 Å². The fraction of sp³-hybridized carbons (Fsp3) is 0.620. The maximum absolute atomic E-state index is 12.9. The number of rotatable bonds is 55. The van der Waals surface area contributed by atoms with Crippen molar-refractivity contribution in [3.05, 3.63) is 146 Å². The molecule has 0 rings (SSSR count). The first-order chi connectivity index (χ1) is 38.0. The fourth-order valence-electron chi connectivity index (χ4n) is 8.17. The van der Waals surface area contributed by atoms with Gasteiger partial charge in [-0.05, 0) is 141 Å². The van der Waals surface area contributed by atoms with Gasteiger partial charge in [-0.1, -0.05) is 250 Å². The number of hydrogen-bond acceptors (Lipinski definition) is 6. The molecule has 6 nitrogen and oxygen atoms in total. The third-order valence-corrected chi connectivity index (χ3v) is 12.8. The Morgan fingerprint density at radius 3 is 0.818 bits per heavy atom.